The van der Waals surface area contributed by atoms with Crippen LogP contribution in [0.5, 0.6) is 0 Å². The van der Waals surface area contributed by atoms with Crippen molar-refractivity contribution in [2.75, 3.05) is 17.9 Å². The maximum Gasteiger partial charge on any atom is 0.264 e. The Morgan fingerprint density at radius 3 is 1.85 bits per heavy atom. The van der Waals surface area contributed by atoms with Crippen molar-refractivity contribution >= 4 is 43.5 Å². The molecule has 0 heterocycles. The number of halogens is 1. The molecule has 206 valence electrons. The highest BCUT2D eigenvalue weighted by Gasteiger charge is 2.34. The van der Waals surface area contributed by atoms with Crippen molar-refractivity contribution in [3.05, 3.63) is 131 Å². The van der Waals surface area contributed by atoms with Gasteiger partial charge in [-0.05, 0) is 47.5 Å². The van der Waals surface area contributed by atoms with Crippen molar-refractivity contribution < 1.29 is 18.0 Å². The first kappa shape index (κ1) is 29.0. The number of carbonyl (C=O) groups is 2. The molecule has 9 heteroatoms. The summed E-state index contributed by atoms with van der Waals surface area (Å²) in [5, 5.41) is 2.68. The standard InChI is InChI=1S/C31H30BrN3O4S/c1-33-31(37)29(21-24-11-5-2-6-12-24)34(22-25-13-7-3-8-14-25)30(36)23-35(27-19-17-26(32)18-20-27)40(38,39)28-15-9-4-10-16-28/h2-20,29H,21-23H2,1H3,(H,33,37)/t29-/m1/s1. The van der Waals surface area contributed by atoms with Gasteiger partial charge in [0.25, 0.3) is 10.0 Å². The molecule has 0 bridgehead atoms. The van der Waals surface area contributed by atoms with Gasteiger partial charge in [-0.25, -0.2) is 8.42 Å². The number of likely N-dealkylation sites (N-methyl/N-ethyl adjacent to an activating group) is 1. The van der Waals surface area contributed by atoms with E-state index in [2.05, 4.69) is 21.2 Å². The fourth-order valence-corrected chi connectivity index (χ4v) is 6.06. The number of hydrogen-bond acceptors (Lipinski definition) is 4. The Kier molecular flexibility index (Phi) is 9.74. The second-order valence-electron chi connectivity index (χ2n) is 9.13. The van der Waals surface area contributed by atoms with E-state index < -0.39 is 28.5 Å². The van der Waals surface area contributed by atoms with E-state index in [0.29, 0.717) is 5.69 Å². The summed E-state index contributed by atoms with van der Waals surface area (Å²) in [6.45, 7) is -0.363. The van der Waals surface area contributed by atoms with Crippen LogP contribution in [0.3, 0.4) is 0 Å². The van der Waals surface area contributed by atoms with Gasteiger partial charge in [0.15, 0.2) is 0 Å². The quantitative estimate of drug-likeness (QED) is 0.255. The zero-order chi connectivity index (χ0) is 28.5. The third kappa shape index (κ3) is 7.16. The molecule has 0 saturated heterocycles. The molecule has 2 amide bonds. The van der Waals surface area contributed by atoms with Crippen molar-refractivity contribution in [1.82, 2.24) is 10.2 Å². The van der Waals surface area contributed by atoms with Gasteiger partial charge in [0.1, 0.15) is 12.6 Å². The number of carbonyl (C=O) groups excluding carboxylic acids is 2. The van der Waals surface area contributed by atoms with Crippen LogP contribution < -0.4 is 9.62 Å². The molecule has 0 saturated carbocycles. The molecular formula is C31H30BrN3O4S. The van der Waals surface area contributed by atoms with Crippen LogP contribution in [0, 0.1) is 0 Å². The molecule has 0 aromatic heterocycles. The summed E-state index contributed by atoms with van der Waals surface area (Å²) >= 11 is 3.39. The first-order valence-electron chi connectivity index (χ1n) is 12.7. The van der Waals surface area contributed by atoms with Gasteiger partial charge in [-0.15, -0.1) is 0 Å². The SMILES string of the molecule is CNC(=O)[C@@H](Cc1ccccc1)N(Cc1ccccc1)C(=O)CN(c1ccc(Br)cc1)S(=O)(=O)c1ccccc1. The van der Waals surface area contributed by atoms with E-state index in [1.807, 2.05) is 60.7 Å². The zero-order valence-electron chi connectivity index (χ0n) is 22.0. The summed E-state index contributed by atoms with van der Waals surface area (Å²) in [6, 6.07) is 32.6. The number of sulfonamides is 1. The topological polar surface area (TPSA) is 86.8 Å². The lowest BCUT2D eigenvalue weighted by Gasteiger charge is -2.33. The molecule has 0 aliphatic rings. The molecule has 0 aliphatic carbocycles. The van der Waals surface area contributed by atoms with Crippen molar-refractivity contribution in [2.24, 2.45) is 0 Å². The van der Waals surface area contributed by atoms with Crippen LogP contribution in [0.2, 0.25) is 0 Å². The summed E-state index contributed by atoms with van der Waals surface area (Å²) in [5.74, 6) is -0.843. The van der Waals surface area contributed by atoms with Crippen LogP contribution in [0.25, 0.3) is 0 Å². The molecule has 4 aromatic rings. The minimum atomic E-state index is -4.11. The molecule has 0 radical (unpaired) electrons. The normalized spacial score (nSPS) is 11.8. The van der Waals surface area contributed by atoms with Crippen LogP contribution in [0.15, 0.2) is 125 Å². The molecule has 4 aromatic carbocycles. The van der Waals surface area contributed by atoms with E-state index in [4.69, 9.17) is 0 Å². The molecule has 0 aliphatic heterocycles. The predicted molar refractivity (Wildman–Crippen MR) is 160 cm³/mol. The van der Waals surface area contributed by atoms with Gasteiger partial charge >= 0.3 is 0 Å². The second kappa shape index (κ2) is 13.4. The Labute approximate surface area is 243 Å². The van der Waals surface area contributed by atoms with Crippen molar-refractivity contribution in [3.8, 4) is 0 Å². The van der Waals surface area contributed by atoms with Gasteiger partial charge in [0, 0.05) is 24.5 Å². The van der Waals surface area contributed by atoms with Gasteiger partial charge in [-0.1, -0.05) is 94.8 Å². The lowest BCUT2D eigenvalue weighted by Crippen LogP contribution is -2.53. The maximum atomic E-state index is 14.2. The van der Waals surface area contributed by atoms with Gasteiger partial charge in [-0.3, -0.25) is 13.9 Å². The summed E-state index contributed by atoms with van der Waals surface area (Å²) in [5.41, 5.74) is 2.03. The smallest absolute Gasteiger partial charge is 0.264 e. The third-order valence-electron chi connectivity index (χ3n) is 6.44. The Morgan fingerprint density at radius 2 is 1.30 bits per heavy atom. The predicted octanol–water partition coefficient (Wildman–Crippen LogP) is 5.03. The average Bonchev–Trinajstić information content (AvgIpc) is 2.99. The first-order valence-corrected chi connectivity index (χ1v) is 14.9. The molecule has 4 rings (SSSR count). The van der Waals surface area contributed by atoms with Gasteiger partial charge in [0.05, 0.1) is 10.6 Å². The van der Waals surface area contributed by atoms with Gasteiger partial charge in [0.2, 0.25) is 11.8 Å². The van der Waals surface area contributed by atoms with E-state index in [9.17, 15) is 18.0 Å². The van der Waals surface area contributed by atoms with E-state index >= 15 is 0 Å². The van der Waals surface area contributed by atoms with Crippen molar-refractivity contribution in [2.45, 2.75) is 23.9 Å². The minimum absolute atomic E-state index is 0.0625. The maximum absolute atomic E-state index is 14.2. The van der Waals surface area contributed by atoms with Crippen LogP contribution in [0.1, 0.15) is 11.1 Å². The molecule has 1 atom stereocenters. The Bertz CT molecular complexity index is 1520. The minimum Gasteiger partial charge on any atom is -0.357 e. The highest BCUT2D eigenvalue weighted by atomic mass is 79.9. The van der Waals surface area contributed by atoms with Crippen LogP contribution in [0.4, 0.5) is 5.69 Å². The summed E-state index contributed by atoms with van der Waals surface area (Å²) in [4.78, 5) is 28.9. The number of anilines is 1. The molecule has 7 nitrogen and oxygen atoms in total. The second-order valence-corrected chi connectivity index (χ2v) is 11.9. The Balaban J connectivity index is 1.76. The van der Waals surface area contributed by atoms with E-state index in [1.54, 1.807) is 42.5 Å². The summed E-state index contributed by atoms with van der Waals surface area (Å²) in [6.07, 6.45) is 0.267. The van der Waals surface area contributed by atoms with Gasteiger partial charge < -0.3 is 10.2 Å². The van der Waals surface area contributed by atoms with E-state index in [1.165, 1.54) is 24.1 Å². The lowest BCUT2D eigenvalue weighted by atomic mass is 10.0. The number of hydrogen-bond donors (Lipinski definition) is 1. The van der Waals surface area contributed by atoms with E-state index in [-0.39, 0.29) is 23.8 Å². The van der Waals surface area contributed by atoms with Crippen molar-refractivity contribution in [1.29, 1.82) is 0 Å². The number of amides is 2. The Morgan fingerprint density at radius 1 is 0.775 bits per heavy atom. The zero-order valence-corrected chi connectivity index (χ0v) is 24.4. The van der Waals surface area contributed by atoms with Crippen LogP contribution in [-0.2, 0) is 32.6 Å². The highest BCUT2D eigenvalue weighted by molar-refractivity contribution is 9.10. The molecule has 1 N–H and O–H groups in total. The first-order chi connectivity index (χ1) is 19.3. The van der Waals surface area contributed by atoms with Gasteiger partial charge in [-0.2, -0.15) is 0 Å². The number of rotatable bonds is 11. The lowest BCUT2D eigenvalue weighted by molar-refractivity contribution is -0.139. The molecular weight excluding hydrogens is 590 g/mol. The fourth-order valence-electron chi connectivity index (χ4n) is 4.36. The molecule has 0 fully saturated rings. The highest BCUT2D eigenvalue weighted by Crippen LogP contribution is 2.26. The molecule has 0 unspecified atom stereocenters. The monoisotopic (exact) mass is 619 g/mol. The Hall–Kier alpha value is -3.95. The number of benzene rings is 4. The van der Waals surface area contributed by atoms with Crippen LogP contribution in [-0.4, -0.2) is 44.8 Å². The van der Waals surface area contributed by atoms with E-state index in [0.717, 1.165) is 19.9 Å². The summed E-state index contributed by atoms with van der Waals surface area (Å²) in [7, 11) is -2.58. The third-order valence-corrected chi connectivity index (χ3v) is 8.75. The average molecular weight is 621 g/mol. The fraction of sp³-hybridized carbons (Fsp3) is 0.161. The van der Waals surface area contributed by atoms with Crippen LogP contribution >= 0.6 is 15.9 Å². The number of nitrogens with zero attached hydrogens (tertiary/aromatic N) is 2. The summed E-state index contributed by atoms with van der Waals surface area (Å²) < 4.78 is 29.6. The largest absolute Gasteiger partial charge is 0.357 e. The molecule has 0 spiro atoms. The number of nitrogens with one attached hydrogen (secondary N) is 1. The molecule has 40 heavy (non-hydrogen) atoms. The van der Waals surface area contributed by atoms with Crippen molar-refractivity contribution in [3.63, 3.8) is 0 Å².